The highest BCUT2D eigenvalue weighted by Gasteiger charge is 2.69. The third kappa shape index (κ3) is 12.5. The van der Waals surface area contributed by atoms with E-state index in [1.165, 1.54) is 0 Å². The van der Waals surface area contributed by atoms with Gasteiger partial charge in [0, 0.05) is 12.3 Å². The molecule has 30 heteroatoms. The molecule has 10 aliphatic rings. The van der Waals surface area contributed by atoms with E-state index in [0.29, 0.717) is 38.5 Å². The minimum atomic E-state index is -2.11. The summed E-state index contributed by atoms with van der Waals surface area (Å²) in [7, 11) is 0. The molecule has 0 spiro atoms. The third-order valence-electron chi connectivity index (χ3n) is 21.7. The fraction of sp³-hybridized carbons (Fsp3) is 0.965. The van der Waals surface area contributed by atoms with Crippen LogP contribution in [0.15, 0.2) is 11.6 Å². The van der Waals surface area contributed by atoms with Crippen LogP contribution >= 0.6 is 0 Å². The van der Waals surface area contributed by atoms with Crippen molar-refractivity contribution >= 4 is 0 Å². The molecular weight excluding hydrogens is 1160 g/mol. The van der Waals surface area contributed by atoms with Gasteiger partial charge in [-0.15, -0.1) is 0 Å². The molecule has 0 bridgehead atoms. The number of hydrogen-bond acceptors (Lipinski definition) is 30. The molecule has 0 aromatic heterocycles. The molecule has 10 rings (SSSR count). The fourth-order valence-electron chi connectivity index (χ4n) is 16.5. The van der Waals surface area contributed by atoms with E-state index < -0.39 is 205 Å². The van der Waals surface area contributed by atoms with Crippen molar-refractivity contribution in [3.63, 3.8) is 0 Å². The summed E-state index contributed by atoms with van der Waals surface area (Å²) in [4.78, 5) is 0. The lowest BCUT2D eigenvalue weighted by atomic mass is 9.46. The Morgan fingerprint density at radius 3 is 1.56 bits per heavy atom. The Balaban J connectivity index is 0.778. The summed E-state index contributed by atoms with van der Waals surface area (Å²) in [5, 5.41) is 205. The first-order chi connectivity index (χ1) is 41.2. The molecule has 6 aliphatic heterocycles. The molecule has 6 heterocycles. The second-order valence-electron chi connectivity index (χ2n) is 26.8. The largest absolute Gasteiger partial charge is 0.394 e. The maximum Gasteiger partial charge on any atom is 0.187 e. The van der Waals surface area contributed by atoms with Gasteiger partial charge >= 0.3 is 0 Å². The second-order valence-corrected chi connectivity index (χ2v) is 26.8. The van der Waals surface area contributed by atoms with Crippen molar-refractivity contribution in [3.05, 3.63) is 11.6 Å². The van der Waals surface area contributed by atoms with E-state index in [1.54, 1.807) is 0 Å². The van der Waals surface area contributed by atoms with Gasteiger partial charge in [-0.1, -0.05) is 39.3 Å². The monoisotopic (exact) mass is 1260 g/mol. The lowest BCUT2D eigenvalue weighted by Gasteiger charge is -2.59. The Kier molecular flexibility index (Phi) is 21.3. The minimum Gasteiger partial charge on any atom is -0.394 e. The summed E-state index contributed by atoms with van der Waals surface area (Å²) >= 11 is 0. The predicted octanol–water partition coefficient (Wildman–Crippen LogP) is -7.24. The quantitative estimate of drug-likeness (QED) is 0.0534. The molecule has 0 amide bonds. The van der Waals surface area contributed by atoms with E-state index in [2.05, 4.69) is 13.8 Å². The standard InChI is InChI=1S/C57H94O30/c1-20(19-77-50-42(71)38(67)35(64)28(14-58)79-50)5-10-57(76)21(2)34-27(87-57)13-25-33-24(7-9-56(25,34)4)55(3)8-6-23(11-22(55)12-26(33)63)78-51-45(74)41(70)47(31(17-61)82-51)85-54-49(86-53-44(73)40(69)37(66)30(16-60)81-53)46(75)48(32(18-62)83-54)84-52-43(72)39(68)36(65)29(15-59)80-52/h12,20-21,23-54,58-76H,5-11,13-19H2,1-4H3/t20-,21-,23-,24-,25-,26-,27-,28+,29+,30+,31+,32+,33+,34-,35+,36+,37+,38-,39-,40-,41+,42+,43+,44+,45+,46-,47-,48+,49+,50+,51+,52-,53-,54-,55-,56-,57+/m0/s1. The van der Waals surface area contributed by atoms with Crippen LogP contribution in [-0.2, 0) is 52.1 Å². The van der Waals surface area contributed by atoms with Crippen molar-refractivity contribution < 1.29 is 149 Å². The summed E-state index contributed by atoms with van der Waals surface area (Å²) in [5.74, 6) is -1.79. The van der Waals surface area contributed by atoms with Crippen LogP contribution in [0.25, 0.3) is 0 Å². The molecule has 30 nitrogen and oxygen atoms in total. The first kappa shape index (κ1) is 68.4. The van der Waals surface area contributed by atoms with Crippen LogP contribution in [0, 0.1) is 46.3 Å². The molecule has 4 aliphatic carbocycles. The minimum absolute atomic E-state index is 0.000669. The number of rotatable bonds is 19. The average Bonchev–Trinajstić information content (AvgIpc) is 1.60. The summed E-state index contributed by atoms with van der Waals surface area (Å²) < 4.78 is 65.4. The molecule has 19 N–H and O–H groups in total. The Labute approximate surface area is 502 Å². The van der Waals surface area contributed by atoms with Crippen LogP contribution in [0.1, 0.15) is 79.1 Å². The molecule has 502 valence electrons. The van der Waals surface area contributed by atoms with E-state index in [0.717, 1.165) is 18.4 Å². The molecule has 0 radical (unpaired) electrons. The highest BCUT2D eigenvalue weighted by Crippen LogP contribution is 2.70. The molecule has 37 atom stereocenters. The van der Waals surface area contributed by atoms with Crippen molar-refractivity contribution in [2.24, 2.45) is 46.3 Å². The smallest absolute Gasteiger partial charge is 0.187 e. The van der Waals surface area contributed by atoms with Gasteiger partial charge in [0.15, 0.2) is 37.2 Å². The molecule has 0 aromatic carbocycles. The van der Waals surface area contributed by atoms with Gasteiger partial charge in [-0.3, -0.25) is 0 Å². The third-order valence-corrected chi connectivity index (χ3v) is 21.7. The van der Waals surface area contributed by atoms with Crippen molar-refractivity contribution in [1.82, 2.24) is 0 Å². The number of aliphatic hydroxyl groups excluding tert-OH is 18. The molecule has 0 aromatic rings. The van der Waals surface area contributed by atoms with Gasteiger partial charge < -0.3 is 149 Å². The number of hydrogen-bond donors (Lipinski definition) is 19. The molecule has 3 saturated carbocycles. The van der Waals surface area contributed by atoms with E-state index in [-0.39, 0.29) is 59.0 Å². The second kappa shape index (κ2) is 27.1. The maximum absolute atomic E-state index is 12.2. The number of aliphatic hydroxyl groups is 19. The van der Waals surface area contributed by atoms with Gasteiger partial charge in [0.2, 0.25) is 0 Å². The Bertz CT molecular complexity index is 2290. The van der Waals surface area contributed by atoms with E-state index in [9.17, 15) is 97.0 Å². The zero-order valence-corrected chi connectivity index (χ0v) is 49.1. The lowest BCUT2D eigenvalue weighted by molar-refractivity contribution is -0.403. The van der Waals surface area contributed by atoms with E-state index in [4.69, 9.17) is 52.1 Å². The van der Waals surface area contributed by atoms with Crippen LogP contribution in [0.5, 0.6) is 0 Å². The zero-order valence-electron chi connectivity index (χ0n) is 49.1. The van der Waals surface area contributed by atoms with Crippen LogP contribution in [-0.4, -0.2) is 314 Å². The van der Waals surface area contributed by atoms with Crippen molar-refractivity contribution in [2.45, 2.75) is 257 Å². The predicted molar refractivity (Wildman–Crippen MR) is 286 cm³/mol. The lowest BCUT2D eigenvalue weighted by Crippen LogP contribution is -2.68. The molecular formula is C57H94O30. The molecule has 6 saturated heterocycles. The van der Waals surface area contributed by atoms with Crippen molar-refractivity contribution in [1.29, 1.82) is 0 Å². The van der Waals surface area contributed by atoms with Crippen molar-refractivity contribution in [2.75, 3.05) is 39.6 Å². The van der Waals surface area contributed by atoms with E-state index >= 15 is 0 Å². The fourth-order valence-corrected chi connectivity index (χ4v) is 16.5. The highest BCUT2D eigenvalue weighted by molar-refractivity contribution is 5.29. The topological polar surface area (TPSA) is 486 Å². The first-order valence-corrected chi connectivity index (χ1v) is 30.7. The van der Waals surface area contributed by atoms with Crippen LogP contribution in [0.3, 0.4) is 0 Å². The zero-order chi connectivity index (χ0) is 63.1. The highest BCUT2D eigenvalue weighted by atomic mass is 16.8. The van der Waals surface area contributed by atoms with Gasteiger partial charge in [0.05, 0.1) is 58.0 Å². The Morgan fingerprint density at radius 2 is 1.00 bits per heavy atom. The van der Waals surface area contributed by atoms with Crippen LogP contribution < -0.4 is 0 Å². The van der Waals surface area contributed by atoms with Crippen LogP contribution in [0.4, 0.5) is 0 Å². The Morgan fingerprint density at radius 1 is 0.529 bits per heavy atom. The van der Waals surface area contributed by atoms with Crippen LogP contribution in [0.2, 0.25) is 0 Å². The molecule has 0 unspecified atom stereocenters. The summed E-state index contributed by atoms with van der Waals surface area (Å²) in [6.07, 6.45) is -38.9. The maximum atomic E-state index is 12.2. The van der Waals surface area contributed by atoms with Gasteiger partial charge in [-0.2, -0.15) is 0 Å². The summed E-state index contributed by atoms with van der Waals surface area (Å²) in [6, 6.07) is 0. The number of ether oxygens (including phenoxy) is 11. The van der Waals surface area contributed by atoms with Gasteiger partial charge in [0.1, 0.15) is 122 Å². The van der Waals surface area contributed by atoms with E-state index in [1.807, 2.05) is 19.9 Å². The summed E-state index contributed by atoms with van der Waals surface area (Å²) in [6.45, 7) is 4.35. The van der Waals surface area contributed by atoms with Gasteiger partial charge in [0.25, 0.3) is 0 Å². The number of fused-ring (bicyclic) bond motifs is 7. The molecule has 9 fully saturated rings. The summed E-state index contributed by atoms with van der Waals surface area (Å²) in [5.41, 5.74) is 0.341. The normalized spacial score (nSPS) is 54.7. The van der Waals surface area contributed by atoms with Crippen molar-refractivity contribution in [3.8, 4) is 0 Å². The van der Waals surface area contributed by atoms with Gasteiger partial charge in [-0.25, -0.2) is 0 Å². The van der Waals surface area contributed by atoms with Gasteiger partial charge in [-0.05, 0) is 85.4 Å². The molecule has 87 heavy (non-hydrogen) atoms. The first-order valence-electron chi connectivity index (χ1n) is 30.7. The SMILES string of the molecule is C[C@@H](CC[C@@]1(O)O[C@H]2C[C@H]3[C@@H]4[C@@H](O)C=C5C[C@@H](O[C@@H]6O[C@H](CO)[C@H](O[C@@H]7O[C@H](CO)[C@@H](O[C@@H]8O[C@H](CO)[C@@H](O)[C@H](O)[C@H]8O)[C@H](O)[C@H]7O[C@@H]7O[C@H](CO)[C@@H](O)[C@H](O)[C@H]7O)[C@H](O)[C@H]6O)CC[C@]5(C)[C@H]4CC[C@]3(C)[C@H]2[C@@H]1C)CO[C@@H]1O[C@H](CO)[C@@H](O)[C@H](O)[C@H]1O. The average molecular weight is 1260 g/mol. The Hall–Kier alpha value is -1.46.